The maximum Gasteiger partial charge on any atom is 0.320 e. The summed E-state index contributed by atoms with van der Waals surface area (Å²) in [7, 11) is 3.51. The number of fused-ring (bicyclic) bond motifs is 1. The van der Waals surface area contributed by atoms with E-state index in [1.54, 1.807) is 34.9 Å². The Morgan fingerprint density at radius 2 is 1.95 bits per heavy atom. The van der Waals surface area contributed by atoms with E-state index < -0.39 is 5.95 Å². The summed E-state index contributed by atoms with van der Waals surface area (Å²) >= 11 is 0. The first-order valence-electron chi connectivity index (χ1n) is 13.7. The number of aromatic nitrogens is 6. The normalized spacial score (nSPS) is 17.1. The molecule has 1 fully saturated rings. The van der Waals surface area contributed by atoms with Crippen LogP contribution in [0.4, 0.5) is 15.0 Å². The fraction of sp³-hybridized carbons (Fsp3) is 0.300. The quantitative estimate of drug-likeness (QED) is 0.273. The highest BCUT2D eigenvalue weighted by Gasteiger charge is 2.35. The first kappa shape index (κ1) is 27.5. The van der Waals surface area contributed by atoms with Crippen molar-refractivity contribution in [2.75, 3.05) is 38.7 Å². The van der Waals surface area contributed by atoms with Crippen molar-refractivity contribution in [1.29, 1.82) is 0 Å². The summed E-state index contributed by atoms with van der Waals surface area (Å²) in [5.74, 6) is -0.112. The molecular weight excluding hydrogens is 537 g/mol. The van der Waals surface area contributed by atoms with Gasteiger partial charge in [-0.25, -0.2) is 19.4 Å². The van der Waals surface area contributed by atoms with Gasteiger partial charge in [-0.1, -0.05) is 18.2 Å². The maximum atomic E-state index is 14.0. The monoisotopic (exact) mass is 569 g/mol. The Kier molecular flexibility index (Phi) is 7.64. The fourth-order valence-electron chi connectivity index (χ4n) is 5.58. The van der Waals surface area contributed by atoms with E-state index in [1.807, 2.05) is 50.4 Å². The van der Waals surface area contributed by atoms with Crippen LogP contribution in [0.15, 0.2) is 67.1 Å². The van der Waals surface area contributed by atoms with Crippen molar-refractivity contribution >= 4 is 22.9 Å². The second-order valence-corrected chi connectivity index (χ2v) is 10.5. The van der Waals surface area contributed by atoms with Gasteiger partial charge in [-0.05, 0) is 42.8 Å². The summed E-state index contributed by atoms with van der Waals surface area (Å²) in [5, 5.41) is 16.3. The number of urea groups is 1. The van der Waals surface area contributed by atoms with Crippen molar-refractivity contribution in [2.45, 2.75) is 18.9 Å². The Hall–Kier alpha value is -4.68. The Morgan fingerprint density at radius 3 is 2.74 bits per heavy atom. The lowest BCUT2D eigenvalue weighted by Gasteiger charge is -2.21. The second-order valence-electron chi connectivity index (χ2n) is 10.5. The van der Waals surface area contributed by atoms with E-state index in [9.17, 15) is 9.18 Å². The van der Waals surface area contributed by atoms with Crippen LogP contribution in [0.1, 0.15) is 17.0 Å². The second kappa shape index (κ2) is 11.7. The SMILES string of the molecule is COCCN1C[C@@H](NC(=O)Nc2c(C)c(-c3cnc4c(cnn4C)c3)nn2-c2ccccc2)[C@H](c2ccnc(F)c2)C1. The van der Waals surface area contributed by atoms with Crippen molar-refractivity contribution in [3.05, 3.63) is 84.2 Å². The molecule has 2 atom stereocenters. The number of rotatable bonds is 8. The molecule has 4 aromatic heterocycles. The molecule has 5 heterocycles. The molecule has 0 saturated carbocycles. The van der Waals surface area contributed by atoms with Crippen LogP contribution in [0.25, 0.3) is 28.0 Å². The Morgan fingerprint density at radius 1 is 1.12 bits per heavy atom. The molecule has 1 aliphatic heterocycles. The Bertz CT molecular complexity index is 1720. The minimum absolute atomic E-state index is 0.113. The van der Waals surface area contributed by atoms with Gasteiger partial charge in [0.05, 0.1) is 30.2 Å². The van der Waals surface area contributed by atoms with Crippen LogP contribution in [0.5, 0.6) is 0 Å². The number of amides is 2. The summed E-state index contributed by atoms with van der Waals surface area (Å²) < 4.78 is 22.7. The smallest absolute Gasteiger partial charge is 0.320 e. The number of nitrogens with zero attached hydrogens (tertiary/aromatic N) is 7. The van der Waals surface area contributed by atoms with Crippen molar-refractivity contribution in [3.63, 3.8) is 0 Å². The number of carbonyl (C=O) groups excluding carboxylic acids is 1. The highest BCUT2D eigenvalue weighted by molar-refractivity contribution is 5.91. The average molecular weight is 570 g/mol. The molecule has 2 N–H and O–H groups in total. The number of halogens is 1. The van der Waals surface area contributed by atoms with Crippen LogP contribution < -0.4 is 10.6 Å². The van der Waals surface area contributed by atoms with E-state index in [4.69, 9.17) is 9.84 Å². The number of hydrogen-bond acceptors (Lipinski definition) is 7. The summed E-state index contributed by atoms with van der Waals surface area (Å²) in [5.41, 5.74) is 4.67. The molecule has 0 spiro atoms. The number of nitrogens with one attached hydrogen (secondary N) is 2. The molecular formula is C30H32FN9O2. The molecule has 0 unspecified atom stereocenters. The fourth-order valence-corrected chi connectivity index (χ4v) is 5.58. The molecule has 0 radical (unpaired) electrons. The predicted octanol–water partition coefficient (Wildman–Crippen LogP) is 3.90. The molecule has 42 heavy (non-hydrogen) atoms. The number of carbonyl (C=O) groups is 1. The molecule has 6 rings (SSSR count). The van der Waals surface area contributed by atoms with E-state index in [1.165, 1.54) is 12.3 Å². The van der Waals surface area contributed by atoms with Crippen LogP contribution in [0, 0.1) is 12.9 Å². The van der Waals surface area contributed by atoms with Gasteiger partial charge in [0, 0.05) is 68.6 Å². The molecule has 0 bridgehead atoms. The number of para-hydroxylation sites is 1. The van der Waals surface area contributed by atoms with Crippen LogP contribution in [-0.4, -0.2) is 79.9 Å². The topological polar surface area (TPSA) is 115 Å². The lowest BCUT2D eigenvalue weighted by Crippen LogP contribution is -2.42. The number of methoxy groups -OCH3 is 1. The molecule has 1 aliphatic rings. The number of pyridine rings is 2. The highest BCUT2D eigenvalue weighted by Crippen LogP contribution is 2.32. The van der Waals surface area contributed by atoms with Crippen molar-refractivity contribution in [1.82, 2.24) is 39.7 Å². The summed E-state index contributed by atoms with van der Waals surface area (Å²) in [6, 6.07) is 14.2. The van der Waals surface area contributed by atoms with Gasteiger partial charge in [-0.3, -0.25) is 14.9 Å². The van der Waals surface area contributed by atoms with Gasteiger partial charge in [-0.2, -0.15) is 14.6 Å². The largest absolute Gasteiger partial charge is 0.383 e. The van der Waals surface area contributed by atoms with Gasteiger partial charge in [0.2, 0.25) is 5.95 Å². The third-order valence-electron chi connectivity index (χ3n) is 7.70. The summed E-state index contributed by atoms with van der Waals surface area (Å²) in [6.45, 7) is 4.46. The van der Waals surface area contributed by atoms with Crippen LogP contribution in [0.3, 0.4) is 0 Å². The molecule has 5 aromatic rings. The summed E-state index contributed by atoms with van der Waals surface area (Å²) in [6.07, 6.45) is 5.00. The lowest BCUT2D eigenvalue weighted by molar-refractivity contribution is 0.159. The van der Waals surface area contributed by atoms with Gasteiger partial charge in [-0.15, -0.1) is 0 Å². The standard InChI is InChI=1S/C30H32FN9O2/c1-19-27(21-13-22-16-34-38(2)29(22)33-15-21)37-40(23-7-5-4-6-8-23)28(19)36-30(41)35-25-18-39(11-12-42-3)17-24(25)20-9-10-32-26(31)14-20/h4-10,13-16,24-25H,11-12,17-18H2,1-3H3,(H2,35,36,41)/t24-,25+/m0/s1. The summed E-state index contributed by atoms with van der Waals surface area (Å²) in [4.78, 5) is 24.1. The predicted molar refractivity (Wildman–Crippen MR) is 157 cm³/mol. The molecule has 11 nitrogen and oxygen atoms in total. The van der Waals surface area contributed by atoms with E-state index in [2.05, 4.69) is 30.6 Å². The van der Waals surface area contributed by atoms with E-state index >= 15 is 0 Å². The van der Waals surface area contributed by atoms with Crippen LogP contribution >= 0.6 is 0 Å². The molecule has 2 amide bonds. The third kappa shape index (κ3) is 5.46. The minimum Gasteiger partial charge on any atom is -0.383 e. The van der Waals surface area contributed by atoms with E-state index in [0.717, 1.165) is 33.4 Å². The number of aryl methyl sites for hydroxylation is 1. The number of benzene rings is 1. The zero-order valence-corrected chi connectivity index (χ0v) is 23.7. The number of ether oxygens (including phenoxy) is 1. The maximum absolute atomic E-state index is 14.0. The zero-order valence-electron chi connectivity index (χ0n) is 23.7. The minimum atomic E-state index is -0.542. The van der Waals surface area contributed by atoms with Crippen molar-refractivity contribution in [3.8, 4) is 16.9 Å². The lowest BCUT2D eigenvalue weighted by atomic mass is 9.95. The number of likely N-dealkylation sites (tertiary alicyclic amines) is 1. The zero-order chi connectivity index (χ0) is 29.2. The molecule has 12 heteroatoms. The Balaban J connectivity index is 1.30. The van der Waals surface area contributed by atoms with Gasteiger partial charge in [0.15, 0.2) is 5.65 Å². The van der Waals surface area contributed by atoms with Gasteiger partial charge < -0.3 is 10.1 Å². The van der Waals surface area contributed by atoms with Crippen molar-refractivity contribution < 1.29 is 13.9 Å². The van der Waals surface area contributed by atoms with Crippen LogP contribution in [0.2, 0.25) is 0 Å². The molecule has 1 saturated heterocycles. The van der Waals surface area contributed by atoms with Gasteiger partial charge >= 0.3 is 6.03 Å². The number of hydrogen-bond donors (Lipinski definition) is 2. The van der Waals surface area contributed by atoms with E-state index in [-0.39, 0.29) is 18.0 Å². The average Bonchev–Trinajstić information content (AvgIpc) is 3.67. The molecule has 1 aromatic carbocycles. The van der Waals surface area contributed by atoms with Crippen molar-refractivity contribution in [2.24, 2.45) is 7.05 Å². The number of anilines is 1. The third-order valence-corrected chi connectivity index (χ3v) is 7.70. The van der Waals surface area contributed by atoms with Crippen LogP contribution in [-0.2, 0) is 11.8 Å². The van der Waals surface area contributed by atoms with Gasteiger partial charge in [0.1, 0.15) is 5.82 Å². The Labute approximate surface area is 242 Å². The van der Waals surface area contributed by atoms with Gasteiger partial charge in [0.25, 0.3) is 0 Å². The first-order valence-corrected chi connectivity index (χ1v) is 13.7. The molecule has 216 valence electrons. The van der Waals surface area contributed by atoms with E-state index in [0.29, 0.717) is 37.8 Å². The first-order chi connectivity index (χ1) is 20.4. The molecule has 0 aliphatic carbocycles. The highest BCUT2D eigenvalue weighted by atomic mass is 19.1.